The number of hydrogen-bond acceptors (Lipinski definition) is 2. The van der Waals surface area contributed by atoms with Crippen LogP contribution in [0.1, 0.15) is 25.3 Å². The number of ether oxygens (including phenoxy) is 1. The molecular formula is C14H19BrO2. The molecule has 0 aliphatic heterocycles. The van der Waals surface area contributed by atoms with Crippen molar-refractivity contribution in [2.45, 2.75) is 31.8 Å². The fourth-order valence-electron chi connectivity index (χ4n) is 1.76. The van der Waals surface area contributed by atoms with Crippen molar-refractivity contribution in [3.63, 3.8) is 0 Å². The molecule has 0 radical (unpaired) electrons. The molecule has 1 aromatic rings. The van der Waals surface area contributed by atoms with Crippen LogP contribution in [0.4, 0.5) is 0 Å². The molecular weight excluding hydrogens is 280 g/mol. The molecule has 94 valence electrons. The first-order valence-corrected chi connectivity index (χ1v) is 6.43. The van der Waals surface area contributed by atoms with Crippen molar-refractivity contribution in [2.75, 3.05) is 7.11 Å². The molecule has 0 saturated heterocycles. The Bertz CT molecular complexity index is 386. The van der Waals surface area contributed by atoms with Gasteiger partial charge in [-0.25, -0.2) is 0 Å². The van der Waals surface area contributed by atoms with Crippen LogP contribution in [-0.2, 0) is 6.42 Å². The Balaban J connectivity index is 2.74. The number of benzene rings is 1. The van der Waals surface area contributed by atoms with Gasteiger partial charge < -0.3 is 9.84 Å². The topological polar surface area (TPSA) is 29.5 Å². The fraction of sp³-hybridized carbons (Fsp3) is 0.429. The van der Waals surface area contributed by atoms with E-state index in [1.807, 2.05) is 31.2 Å². The predicted molar refractivity (Wildman–Crippen MR) is 74.5 cm³/mol. The van der Waals surface area contributed by atoms with E-state index in [1.165, 1.54) is 0 Å². The first-order valence-electron chi connectivity index (χ1n) is 5.64. The van der Waals surface area contributed by atoms with Gasteiger partial charge >= 0.3 is 0 Å². The molecule has 1 aromatic carbocycles. The Morgan fingerprint density at radius 3 is 2.76 bits per heavy atom. The molecule has 0 amide bonds. The smallest absolute Gasteiger partial charge is 0.133 e. The molecule has 1 atom stereocenters. The van der Waals surface area contributed by atoms with E-state index in [0.717, 1.165) is 28.6 Å². The molecule has 0 spiro atoms. The molecule has 0 aromatic heterocycles. The Morgan fingerprint density at radius 2 is 2.24 bits per heavy atom. The maximum absolute atomic E-state index is 10.2. The van der Waals surface area contributed by atoms with E-state index in [9.17, 15) is 5.11 Å². The maximum Gasteiger partial charge on any atom is 0.133 e. The number of rotatable bonds is 6. The van der Waals surface area contributed by atoms with Crippen LogP contribution in [-0.4, -0.2) is 17.8 Å². The lowest BCUT2D eigenvalue weighted by Gasteiger charge is -2.23. The van der Waals surface area contributed by atoms with Crippen LogP contribution >= 0.6 is 15.9 Å². The lowest BCUT2D eigenvalue weighted by molar-refractivity contribution is 0.0523. The molecule has 0 heterocycles. The summed E-state index contributed by atoms with van der Waals surface area (Å²) in [7, 11) is 1.64. The standard InChI is InChI=1S/C14H19BrO2/c1-4-5-8-14(2,16)10-11-6-7-13(17-3)12(15)9-11/h4,6-7,9,16H,1,5,8,10H2,2-3H3. The van der Waals surface area contributed by atoms with Gasteiger partial charge in [0.05, 0.1) is 17.2 Å². The van der Waals surface area contributed by atoms with E-state index in [1.54, 1.807) is 7.11 Å². The number of allylic oxidation sites excluding steroid dienone is 1. The summed E-state index contributed by atoms with van der Waals surface area (Å²) in [5.41, 5.74) is 0.397. The second-order valence-electron chi connectivity index (χ2n) is 4.47. The monoisotopic (exact) mass is 298 g/mol. The lowest BCUT2D eigenvalue weighted by atomic mass is 9.92. The summed E-state index contributed by atoms with van der Waals surface area (Å²) >= 11 is 3.44. The summed E-state index contributed by atoms with van der Waals surface area (Å²) in [6.07, 6.45) is 4.01. The van der Waals surface area contributed by atoms with Gasteiger partial charge in [-0.05, 0) is 53.4 Å². The summed E-state index contributed by atoms with van der Waals surface area (Å²) in [5, 5.41) is 10.2. The molecule has 0 saturated carbocycles. The van der Waals surface area contributed by atoms with Crippen LogP contribution < -0.4 is 4.74 Å². The van der Waals surface area contributed by atoms with Gasteiger partial charge in [0.25, 0.3) is 0 Å². The second kappa shape index (κ2) is 6.22. The first kappa shape index (κ1) is 14.3. The van der Waals surface area contributed by atoms with Crippen molar-refractivity contribution in [3.8, 4) is 5.75 Å². The molecule has 2 nitrogen and oxygen atoms in total. The van der Waals surface area contributed by atoms with Crippen LogP contribution in [0, 0.1) is 0 Å². The highest BCUT2D eigenvalue weighted by Gasteiger charge is 2.20. The zero-order valence-corrected chi connectivity index (χ0v) is 12.0. The van der Waals surface area contributed by atoms with Crippen LogP contribution in [0.5, 0.6) is 5.75 Å². The molecule has 0 aliphatic rings. The molecule has 1 rings (SSSR count). The van der Waals surface area contributed by atoms with Gasteiger partial charge in [-0.3, -0.25) is 0 Å². The van der Waals surface area contributed by atoms with Crippen LogP contribution in [0.3, 0.4) is 0 Å². The molecule has 0 aliphatic carbocycles. The van der Waals surface area contributed by atoms with E-state index in [2.05, 4.69) is 22.5 Å². The van der Waals surface area contributed by atoms with E-state index >= 15 is 0 Å². The minimum Gasteiger partial charge on any atom is -0.496 e. The molecule has 0 bridgehead atoms. The van der Waals surface area contributed by atoms with Crippen LogP contribution in [0.25, 0.3) is 0 Å². The van der Waals surface area contributed by atoms with Crippen molar-refractivity contribution in [1.82, 2.24) is 0 Å². The van der Waals surface area contributed by atoms with Crippen LogP contribution in [0.15, 0.2) is 35.3 Å². The van der Waals surface area contributed by atoms with E-state index in [4.69, 9.17) is 4.74 Å². The van der Waals surface area contributed by atoms with E-state index < -0.39 is 5.60 Å². The van der Waals surface area contributed by atoms with Gasteiger partial charge in [-0.1, -0.05) is 12.1 Å². The van der Waals surface area contributed by atoms with Gasteiger partial charge in [-0.15, -0.1) is 6.58 Å². The Labute approximate surface area is 111 Å². The van der Waals surface area contributed by atoms with Gasteiger partial charge in [-0.2, -0.15) is 0 Å². The van der Waals surface area contributed by atoms with Crippen molar-refractivity contribution < 1.29 is 9.84 Å². The van der Waals surface area contributed by atoms with Gasteiger partial charge in [0, 0.05) is 6.42 Å². The molecule has 1 N–H and O–H groups in total. The van der Waals surface area contributed by atoms with Crippen molar-refractivity contribution >= 4 is 15.9 Å². The average molecular weight is 299 g/mol. The first-order chi connectivity index (χ1) is 7.98. The number of aliphatic hydroxyl groups is 1. The minimum atomic E-state index is -0.692. The third kappa shape index (κ3) is 4.52. The average Bonchev–Trinajstić information content (AvgIpc) is 2.26. The Hall–Kier alpha value is -0.800. The number of halogens is 1. The molecule has 0 fully saturated rings. The zero-order valence-electron chi connectivity index (χ0n) is 10.4. The summed E-state index contributed by atoms with van der Waals surface area (Å²) in [5.74, 6) is 0.805. The van der Waals surface area contributed by atoms with Crippen molar-refractivity contribution in [1.29, 1.82) is 0 Å². The largest absolute Gasteiger partial charge is 0.496 e. The predicted octanol–water partition coefficient (Wildman–Crippen LogP) is 3.72. The summed E-state index contributed by atoms with van der Waals surface area (Å²) in [6, 6.07) is 5.87. The maximum atomic E-state index is 10.2. The molecule has 3 heteroatoms. The third-order valence-corrected chi connectivity index (χ3v) is 3.31. The van der Waals surface area contributed by atoms with Gasteiger partial charge in [0.1, 0.15) is 5.75 Å². The Morgan fingerprint density at radius 1 is 1.53 bits per heavy atom. The van der Waals surface area contributed by atoms with E-state index in [0.29, 0.717) is 6.42 Å². The SMILES string of the molecule is C=CCCC(C)(O)Cc1ccc(OC)c(Br)c1. The summed E-state index contributed by atoms with van der Waals surface area (Å²) < 4.78 is 6.09. The fourth-order valence-corrected chi connectivity index (χ4v) is 2.35. The Kier molecular flexibility index (Phi) is 5.22. The highest BCUT2D eigenvalue weighted by Crippen LogP contribution is 2.28. The van der Waals surface area contributed by atoms with Crippen LogP contribution in [0.2, 0.25) is 0 Å². The highest BCUT2D eigenvalue weighted by atomic mass is 79.9. The quantitative estimate of drug-likeness (QED) is 0.811. The third-order valence-electron chi connectivity index (χ3n) is 2.69. The van der Waals surface area contributed by atoms with Gasteiger partial charge in [0.2, 0.25) is 0 Å². The van der Waals surface area contributed by atoms with E-state index in [-0.39, 0.29) is 0 Å². The second-order valence-corrected chi connectivity index (χ2v) is 5.32. The molecule has 1 unspecified atom stereocenters. The minimum absolute atomic E-state index is 0.628. The van der Waals surface area contributed by atoms with Gasteiger partial charge in [0.15, 0.2) is 0 Å². The van der Waals surface area contributed by atoms with Crippen molar-refractivity contribution in [3.05, 3.63) is 40.9 Å². The summed E-state index contributed by atoms with van der Waals surface area (Å²) in [4.78, 5) is 0. The summed E-state index contributed by atoms with van der Waals surface area (Å²) in [6.45, 7) is 5.53. The number of hydrogen-bond donors (Lipinski definition) is 1. The normalized spacial score (nSPS) is 14.1. The lowest BCUT2D eigenvalue weighted by Crippen LogP contribution is -2.26. The zero-order chi connectivity index (χ0) is 12.9. The number of methoxy groups -OCH3 is 1. The molecule has 17 heavy (non-hydrogen) atoms. The highest BCUT2D eigenvalue weighted by molar-refractivity contribution is 9.10. The van der Waals surface area contributed by atoms with Crippen molar-refractivity contribution in [2.24, 2.45) is 0 Å².